The van der Waals surface area contributed by atoms with Crippen LogP contribution in [0.3, 0.4) is 0 Å². The van der Waals surface area contributed by atoms with E-state index in [1.807, 2.05) is 16.7 Å². The summed E-state index contributed by atoms with van der Waals surface area (Å²) >= 11 is 7.72. The number of pyridine rings is 1. The van der Waals surface area contributed by atoms with Crippen molar-refractivity contribution in [2.24, 2.45) is 0 Å². The van der Waals surface area contributed by atoms with Gasteiger partial charge in [-0.2, -0.15) is 11.8 Å². The highest BCUT2D eigenvalue weighted by molar-refractivity contribution is 7.99. The van der Waals surface area contributed by atoms with Crippen molar-refractivity contribution >= 4 is 29.3 Å². The standard InChI is InChI=1S/C15H19ClN2O3S/c16-13-6-10(7-17-14(13)19)15(20)18(11-3-5-22-9-11)8-12-2-1-4-21-12/h6-7,11-12H,1-5,8-9H2,(H,17,19)/t11-,12+/m1/s1. The van der Waals surface area contributed by atoms with Crippen molar-refractivity contribution in [1.29, 1.82) is 0 Å². The number of aromatic amines is 1. The third kappa shape index (κ3) is 3.50. The lowest BCUT2D eigenvalue weighted by Crippen LogP contribution is -2.44. The summed E-state index contributed by atoms with van der Waals surface area (Å²) in [4.78, 5) is 28.6. The van der Waals surface area contributed by atoms with E-state index in [4.69, 9.17) is 16.3 Å². The molecule has 2 atom stereocenters. The number of carbonyl (C=O) groups is 1. The molecule has 7 heteroatoms. The number of hydrogen-bond donors (Lipinski definition) is 1. The van der Waals surface area contributed by atoms with E-state index >= 15 is 0 Å². The van der Waals surface area contributed by atoms with Gasteiger partial charge in [-0.3, -0.25) is 9.59 Å². The molecule has 2 aliphatic rings. The van der Waals surface area contributed by atoms with Gasteiger partial charge in [0, 0.05) is 31.1 Å². The average Bonchev–Trinajstić information content (AvgIpc) is 3.20. The first-order chi connectivity index (χ1) is 10.6. The van der Waals surface area contributed by atoms with Gasteiger partial charge in [0.25, 0.3) is 11.5 Å². The summed E-state index contributed by atoms with van der Waals surface area (Å²) < 4.78 is 5.69. The van der Waals surface area contributed by atoms with Gasteiger partial charge in [0.1, 0.15) is 5.02 Å². The Morgan fingerprint density at radius 1 is 1.50 bits per heavy atom. The zero-order chi connectivity index (χ0) is 15.5. The van der Waals surface area contributed by atoms with Gasteiger partial charge in [-0.05, 0) is 31.1 Å². The number of H-pyrrole nitrogens is 1. The van der Waals surface area contributed by atoms with Gasteiger partial charge >= 0.3 is 0 Å². The summed E-state index contributed by atoms with van der Waals surface area (Å²) in [5, 5.41) is 0.0451. The van der Waals surface area contributed by atoms with Crippen molar-refractivity contribution in [2.75, 3.05) is 24.7 Å². The minimum Gasteiger partial charge on any atom is -0.376 e. The van der Waals surface area contributed by atoms with Crippen LogP contribution in [0.5, 0.6) is 0 Å². The molecule has 3 rings (SSSR count). The van der Waals surface area contributed by atoms with Gasteiger partial charge in [0.2, 0.25) is 0 Å². The van der Waals surface area contributed by atoms with Crippen LogP contribution in [0.4, 0.5) is 0 Å². The molecule has 0 bridgehead atoms. The first-order valence-electron chi connectivity index (χ1n) is 7.53. The van der Waals surface area contributed by atoms with Gasteiger partial charge in [-0.15, -0.1) is 0 Å². The van der Waals surface area contributed by atoms with Crippen LogP contribution in [0.25, 0.3) is 0 Å². The molecule has 0 spiro atoms. The molecule has 2 saturated heterocycles. The van der Waals surface area contributed by atoms with Crippen LogP contribution >= 0.6 is 23.4 Å². The second-order valence-electron chi connectivity index (χ2n) is 5.68. The van der Waals surface area contributed by atoms with Crippen molar-refractivity contribution in [3.05, 3.63) is 33.2 Å². The van der Waals surface area contributed by atoms with Crippen molar-refractivity contribution in [1.82, 2.24) is 9.88 Å². The Morgan fingerprint density at radius 3 is 3.00 bits per heavy atom. The molecule has 2 aliphatic heterocycles. The fraction of sp³-hybridized carbons (Fsp3) is 0.600. The average molecular weight is 343 g/mol. The molecule has 1 aromatic heterocycles. The molecule has 0 aromatic carbocycles. The fourth-order valence-electron chi connectivity index (χ4n) is 2.92. The van der Waals surface area contributed by atoms with Crippen LogP contribution in [0.15, 0.2) is 17.1 Å². The first kappa shape index (κ1) is 15.9. The normalized spacial score (nSPS) is 24.6. The van der Waals surface area contributed by atoms with E-state index in [9.17, 15) is 9.59 Å². The molecule has 1 aromatic rings. The Bertz CT molecular complexity index is 595. The van der Waals surface area contributed by atoms with Crippen LogP contribution in [0.2, 0.25) is 5.02 Å². The SMILES string of the molecule is O=C(c1c[nH]c(=O)c(Cl)c1)N(C[C@@H]1CCCO1)[C@@H]1CCSC1. The molecule has 0 aliphatic carbocycles. The van der Waals surface area contributed by atoms with Gasteiger partial charge in [0.15, 0.2) is 0 Å². The Kier molecular flexibility index (Phi) is 5.10. The Labute approximate surface area is 138 Å². The molecule has 1 N–H and O–H groups in total. The minimum absolute atomic E-state index is 0.0451. The summed E-state index contributed by atoms with van der Waals surface area (Å²) in [6.45, 7) is 1.39. The number of carbonyl (C=O) groups excluding carboxylic acids is 1. The van der Waals surface area contributed by atoms with Gasteiger partial charge < -0.3 is 14.6 Å². The smallest absolute Gasteiger partial charge is 0.266 e. The maximum atomic E-state index is 12.9. The van der Waals surface area contributed by atoms with E-state index in [-0.39, 0.29) is 28.6 Å². The molecule has 120 valence electrons. The number of rotatable bonds is 4. The number of hydrogen-bond acceptors (Lipinski definition) is 4. The first-order valence-corrected chi connectivity index (χ1v) is 9.07. The zero-order valence-corrected chi connectivity index (χ0v) is 13.8. The topological polar surface area (TPSA) is 62.4 Å². The number of thioether (sulfide) groups is 1. The summed E-state index contributed by atoms with van der Waals surface area (Å²) in [5.41, 5.74) is 0.0554. The van der Waals surface area contributed by atoms with Crippen molar-refractivity contribution in [3.63, 3.8) is 0 Å². The Morgan fingerprint density at radius 2 is 2.36 bits per heavy atom. The van der Waals surface area contributed by atoms with Crippen LogP contribution in [-0.4, -0.2) is 52.6 Å². The Hall–Kier alpha value is -0.980. The molecule has 0 saturated carbocycles. The molecular formula is C15H19ClN2O3S. The summed E-state index contributed by atoms with van der Waals surface area (Å²) in [5.74, 6) is 1.95. The second-order valence-corrected chi connectivity index (χ2v) is 7.23. The summed E-state index contributed by atoms with van der Waals surface area (Å²) in [6.07, 6.45) is 4.61. The number of nitrogens with one attached hydrogen (secondary N) is 1. The quantitative estimate of drug-likeness (QED) is 0.910. The molecule has 5 nitrogen and oxygen atoms in total. The highest BCUT2D eigenvalue weighted by Crippen LogP contribution is 2.26. The maximum absolute atomic E-state index is 12.9. The second kappa shape index (κ2) is 7.06. The maximum Gasteiger partial charge on any atom is 0.266 e. The molecule has 0 radical (unpaired) electrons. The lowest BCUT2D eigenvalue weighted by molar-refractivity contribution is 0.0441. The number of nitrogens with zero attached hydrogens (tertiary/aromatic N) is 1. The van der Waals surface area contributed by atoms with Crippen LogP contribution in [0.1, 0.15) is 29.6 Å². The highest BCUT2D eigenvalue weighted by atomic mass is 35.5. The van der Waals surface area contributed by atoms with E-state index in [0.29, 0.717) is 12.1 Å². The number of ether oxygens (including phenoxy) is 1. The monoisotopic (exact) mass is 342 g/mol. The predicted molar refractivity (Wildman–Crippen MR) is 87.8 cm³/mol. The molecule has 3 heterocycles. The van der Waals surface area contributed by atoms with Gasteiger partial charge in [0.05, 0.1) is 11.7 Å². The third-order valence-corrected chi connectivity index (χ3v) is 5.56. The highest BCUT2D eigenvalue weighted by Gasteiger charge is 2.31. The van der Waals surface area contributed by atoms with E-state index in [2.05, 4.69) is 4.98 Å². The molecule has 22 heavy (non-hydrogen) atoms. The van der Waals surface area contributed by atoms with Crippen molar-refractivity contribution < 1.29 is 9.53 Å². The zero-order valence-electron chi connectivity index (χ0n) is 12.2. The summed E-state index contributed by atoms with van der Waals surface area (Å²) in [6, 6.07) is 1.68. The Balaban J connectivity index is 1.81. The van der Waals surface area contributed by atoms with Crippen LogP contribution < -0.4 is 5.56 Å². The minimum atomic E-state index is -0.375. The number of aromatic nitrogens is 1. The molecule has 1 amide bonds. The van der Waals surface area contributed by atoms with Gasteiger partial charge in [-0.25, -0.2) is 0 Å². The van der Waals surface area contributed by atoms with E-state index < -0.39 is 0 Å². The lowest BCUT2D eigenvalue weighted by Gasteiger charge is -2.30. The van der Waals surface area contributed by atoms with Gasteiger partial charge in [-0.1, -0.05) is 11.6 Å². The number of halogens is 1. The van der Waals surface area contributed by atoms with Crippen LogP contribution in [0, 0.1) is 0 Å². The van der Waals surface area contributed by atoms with Crippen molar-refractivity contribution in [2.45, 2.75) is 31.4 Å². The van der Waals surface area contributed by atoms with E-state index in [1.165, 1.54) is 12.3 Å². The largest absolute Gasteiger partial charge is 0.376 e. The fourth-order valence-corrected chi connectivity index (χ4v) is 4.31. The number of amides is 1. The predicted octanol–water partition coefficient (Wildman–Crippen LogP) is 2.16. The van der Waals surface area contributed by atoms with Crippen molar-refractivity contribution in [3.8, 4) is 0 Å². The lowest BCUT2D eigenvalue weighted by atomic mass is 10.1. The molecule has 2 fully saturated rings. The molecular weight excluding hydrogens is 324 g/mol. The molecule has 0 unspecified atom stereocenters. The van der Waals surface area contributed by atoms with E-state index in [1.54, 1.807) is 0 Å². The van der Waals surface area contributed by atoms with E-state index in [0.717, 1.165) is 37.4 Å². The summed E-state index contributed by atoms with van der Waals surface area (Å²) in [7, 11) is 0. The third-order valence-electron chi connectivity index (χ3n) is 4.14. The van der Waals surface area contributed by atoms with Crippen LogP contribution in [-0.2, 0) is 4.74 Å².